The SMILES string of the molecule is CCc1ccc(S(=O)(=O)NCCN(C(C)=O)c2cc(C)on2)cc1. The number of benzene rings is 1. The van der Waals surface area contributed by atoms with Gasteiger partial charge in [-0.1, -0.05) is 24.2 Å². The van der Waals surface area contributed by atoms with E-state index in [-0.39, 0.29) is 23.9 Å². The van der Waals surface area contributed by atoms with Gasteiger partial charge >= 0.3 is 0 Å². The number of aromatic nitrogens is 1. The third-order valence-electron chi connectivity index (χ3n) is 3.54. The van der Waals surface area contributed by atoms with Gasteiger partial charge in [-0.25, -0.2) is 13.1 Å². The van der Waals surface area contributed by atoms with Crippen molar-refractivity contribution in [2.24, 2.45) is 0 Å². The minimum absolute atomic E-state index is 0.0728. The Morgan fingerprint density at radius 3 is 2.46 bits per heavy atom. The molecule has 0 saturated heterocycles. The maximum atomic E-state index is 12.3. The highest BCUT2D eigenvalue weighted by atomic mass is 32.2. The van der Waals surface area contributed by atoms with Crippen LogP contribution in [0.15, 0.2) is 39.8 Å². The van der Waals surface area contributed by atoms with E-state index in [0.29, 0.717) is 11.6 Å². The molecule has 130 valence electrons. The Bertz CT molecular complexity index is 797. The van der Waals surface area contributed by atoms with Crippen molar-refractivity contribution in [3.05, 3.63) is 41.7 Å². The number of aryl methyl sites for hydroxylation is 2. The van der Waals surface area contributed by atoms with Gasteiger partial charge in [0.05, 0.1) is 4.90 Å². The summed E-state index contributed by atoms with van der Waals surface area (Å²) >= 11 is 0. The van der Waals surface area contributed by atoms with Crippen molar-refractivity contribution in [2.45, 2.75) is 32.1 Å². The molecule has 0 aliphatic heterocycles. The highest BCUT2D eigenvalue weighted by Gasteiger charge is 2.18. The van der Waals surface area contributed by atoms with Crippen LogP contribution in [0.2, 0.25) is 0 Å². The summed E-state index contributed by atoms with van der Waals surface area (Å²) in [5, 5.41) is 3.78. The molecule has 0 fully saturated rings. The number of carbonyl (C=O) groups excluding carboxylic acids is 1. The minimum atomic E-state index is -3.62. The Kier molecular flexibility index (Phi) is 5.74. The van der Waals surface area contributed by atoms with Crippen molar-refractivity contribution < 1.29 is 17.7 Å². The molecule has 0 atom stereocenters. The Morgan fingerprint density at radius 1 is 1.29 bits per heavy atom. The molecule has 0 aliphatic carbocycles. The van der Waals surface area contributed by atoms with Crippen molar-refractivity contribution in [3.63, 3.8) is 0 Å². The van der Waals surface area contributed by atoms with Gasteiger partial charge in [-0.15, -0.1) is 0 Å². The van der Waals surface area contributed by atoms with Crippen LogP contribution < -0.4 is 9.62 Å². The van der Waals surface area contributed by atoms with Crippen LogP contribution in [0.5, 0.6) is 0 Å². The van der Waals surface area contributed by atoms with Gasteiger partial charge in [0.25, 0.3) is 0 Å². The predicted octanol–water partition coefficient (Wildman–Crippen LogP) is 1.88. The lowest BCUT2D eigenvalue weighted by atomic mass is 10.2. The normalized spacial score (nSPS) is 11.5. The monoisotopic (exact) mass is 351 g/mol. The molecular formula is C16H21N3O4S. The summed E-state index contributed by atoms with van der Waals surface area (Å²) in [5.74, 6) is 0.703. The molecule has 1 heterocycles. The topological polar surface area (TPSA) is 92.5 Å². The quantitative estimate of drug-likeness (QED) is 0.822. The van der Waals surface area contributed by atoms with Crippen LogP contribution >= 0.6 is 0 Å². The molecule has 0 aliphatic rings. The molecule has 1 amide bonds. The lowest BCUT2D eigenvalue weighted by molar-refractivity contribution is -0.116. The fraction of sp³-hybridized carbons (Fsp3) is 0.375. The smallest absolute Gasteiger partial charge is 0.240 e. The summed E-state index contributed by atoms with van der Waals surface area (Å²) in [6, 6.07) is 8.35. The third kappa shape index (κ3) is 4.42. The lowest BCUT2D eigenvalue weighted by Gasteiger charge is -2.17. The molecular weight excluding hydrogens is 330 g/mol. The summed E-state index contributed by atoms with van der Waals surface area (Å²) in [5.41, 5.74) is 1.07. The Balaban J connectivity index is 2.01. The number of anilines is 1. The fourth-order valence-corrected chi connectivity index (χ4v) is 3.21. The minimum Gasteiger partial charge on any atom is -0.360 e. The highest BCUT2D eigenvalue weighted by Crippen LogP contribution is 2.14. The summed E-state index contributed by atoms with van der Waals surface area (Å²) < 4.78 is 32.0. The summed E-state index contributed by atoms with van der Waals surface area (Å²) in [6.45, 7) is 5.35. The number of hydrogen-bond donors (Lipinski definition) is 1. The van der Waals surface area contributed by atoms with Crippen molar-refractivity contribution in [2.75, 3.05) is 18.0 Å². The largest absolute Gasteiger partial charge is 0.360 e. The van der Waals surface area contributed by atoms with E-state index < -0.39 is 10.0 Å². The molecule has 0 spiro atoms. The number of nitrogens with one attached hydrogen (secondary N) is 1. The maximum absolute atomic E-state index is 12.3. The van der Waals surface area contributed by atoms with Crippen LogP contribution in [-0.4, -0.2) is 32.6 Å². The Labute approximate surface area is 141 Å². The van der Waals surface area contributed by atoms with E-state index in [9.17, 15) is 13.2 Å². The molecule has 2 aromatic rings. The van der Waals surface area contributed by atoms with E-state index >= 15 is 0 Å². The van der Waals surface area contributed by atoms with Gasteiger partial charge in [0.2, 0.25) is 15.9 Å². The summed E-state index contributed by atoms with van der Waals surface area (Å²) in [7, 11) is -3.62. The van der Waals surface area contributed by atoms with E-state index in [4.69, 9.17) is 4.52 Å². The molecule has 1 aromatic heterocycles. The zero-order valence-corrected chi connectivity index (χ0v) is 14.8. The number of amides is 1. The molecule has 1 aromatic carbocycles. The van der Waals surface area contributed by atoms with E-state index in [1.165, 1.54) is 11.8 Å². The number of rotatable bonds is 7. The highest BCUT2D eigenvalue weighted by molar-refractivity contribution is 7.89. The van der Waals surface area contributed by atoms with Gasteiger partial charge in [-0.2, -0.15) is 0 Å². The average Bonchev–Trinajstić information content (AvgIpc) is 2.97. The number of nitrogens with zero attached hydrogens (tertiary/aromatic N) is 2. The molecule has 0 saturated carbocycles. The van der Waals surface area contributed by atoms with Crippen molar-refractivity contribution in [3.8, 4) is 0 Å². The van der Waals surface area contributed by atoms with E-state index in [0.717, 1.165) is 12.0 Å². The molecule has 1 N–H and O–H groups in total. The van der Waals surface area contributed by atoms with Crippen LogP contribution in [0.1, 0.15) is 25.2 Å². The third-order valence-corrected chi connectivity index (χ3v) is 5.02. The maximum Gasteiger partial charge on any atom is 0.240 e. The summed E-state index contributed by atoms with van der Waals surface area (Å²) in [4.78, 5) is 13.3. The molecule has 8 heteroatoms. The van der Waals surface area contributed by atoms with Gasteiger partial charge in [0.1, 0.15) is 5.76 Å². The first-order valence-corrected chi connectivity index (χ1v) is 9.12. The van der Waals surface area contributed by atoms with E-state index in [1.54, 1.807) is 37.3 Å². The molecule has 0 unspecified atom stereocenters. The van der Waals surface area contributed by atoms with Crippen LogP contribution in [0, 0.1) is 6.92 Å². The molecule has 2 rings (SSSR count). The number of hydrogen-bond acceptors (Lipinski definition) is 5. The van der Waals surface area contributed by atoms with Gasteiger partial charge < -0.3 is 4.52 Å². The van der Waals surface area contributed by atoms with Crippen molar-refractivity contribution >= 4 is 21.7 Å². The van der Waals surface area contributed by atoms with Crippen LogP contribution in [0.25, 0.3) is 0 Å². The zero-order chi connectivity index (χ0) is 17.7. The first kappa shape index (κ1) is 18.2. The van der Waals surface area contributed by atoms with Crippen molar-refractivity contribution in [1.82, 2.24) is 9.88 Å². The molecule has 0 radical (unpaired) electrons. The molecule has 24 heavy (non-hydrogen) atoms. The van der Waals surface area contributed by atoms with E-state index in [1.807, 2.05) is 6.92 Å². The fourth-order valence-electron chi connectivity index (χ4n) is 2.19. The van der Waals surface area contributed by atoms with Gasteiger partial charge in [-0.05, 0) is 31.0 Å². The van der Waals surface area contributed by atoms with Crippen molar-refractivity contribution in [1.29, 1.82) is 0 Å². The first-order valence-electron chi connectivity index (χ1n) is 7.63. The second kappa shape index (κ2) is 7.59. The lowest BCUT2D eigenvalue weighted by Crippen LogP contribution is -2.37. The standard InChI is InChI=1S/C16H21N3O4S/c1-4-14-5-7-15(8-6-14)24(21,22)17-9-10-19(13(3)20)16-11-12(2)23-18-16/h5-8,11,17H,4,9-10H2,1-3H3. The van der Waals surface area contributed by atoms with Crippen LogP contribution in [0.3, 0.4) is 0 Å². The van der Waals surface area contributed by atoms with Crippen LogP contribution in [-0.2, 0) is 21.2 Å². The van der Waals surface area contributed by atoms with Gasteiger partial charge in [0, 0.05) is 26.1 Å². The van der Waals surface area contributed by atoms with Gasteiger partial charge in [0.15, 0.2) is 5.82 Å². The first-order chi connectivity index (χ1) is 11.3. The Morgan fingerprint density at radius 2 is 1.96 bits per heavy atom. The molecule has 7 nitrogen and oxygen atoms in total. The predicted molar refractivity (Wildman–Crippen MR) is 90.3 cm³/mol. The van der Waals surface area contributed by atoms with Crippen LogP contribution in [0.4, 0.5) is 5.82 Å². The Hall–Kier alpha value is -2.19. The number of carbonyl (C=O) groups is 1. The second-order valence-electron chi connectivity index (χ2n) is 5.36. The van der Waals surface area contributed by atoms with E-state index in [2.05, 4.69) is 9.88 Å². The summed E-state index contributed by atoms with van der Waals surface area (Å²) in [6.07, 6.45) is 0.846. The zero-order valence-electron chi connectivity index (χ0n) is 13.9. The molecule has 0 bridgehead atoms. The average molecular weight is 351 g/mol. The van der Waals surface area contributed by atoms with Gasteiger partial charge in [-0.3, -0.25) is 9.69 Å². The second-order valence-corrected chi connectivity index (χ2v) is 7.13. The number of sulfonamides is 1.